The van der Waals surface area contributed by atoms with Crippen LogP contribution in [-0.2, 0) is 19.0 Å². The molecule has 100 valence electrons. The van der Waals surface area contributed by atoms with E-state index in [1.165, 1.54) is 0 Å². The summed E-state index contributed by atoms with van der Waals surface area (Å²) >= 11 is 0. The predicted octanol–water partition coefficient (Wildman–Crippen LogP) is 0.0594. The Hall–Kier alpha value is -0.950. The summed E-state index contributed by atoms with van der Waals surface area (Å²) in [5.41, 5.74) is 0.0447. The zero-order chi connectivity index (χ0) is 12.9. The lowest BCUT2D eigenvalue weighted by atomic mass is 10.3. The molecule has 17 heavy (non-hydrogen) atoms. The van der Waals surface area contributed by atoms with Crippen LogP contribution in [0.2, 0.25) is 0 Å². The molecule has 0 saturated heterocycles. The smallest absolute Gasteiger partial charge is 0.333 e. The summed E-state index contributed by atoms with van der Waals surface area (Å²) in [6.07, 6.45) is 0.687. The van der Waals surface area contributed by atoms with E-state index in [2.05, 4.69) is 6.58 Å². The van der Waals surface area contributed by atoms with E-state index in [9.17, 15) is 4.79 Å². The predicted molar refractivity (Wildman–Crippen MR) is 60.9 cm³/mol. The Morgan fingerprint density at radius 1 is 1.00 bits per heavy atom. The molecule has 0 fully saturated rings. The number of hydrogen-bond acceptors (Lipinski definition) is 5. The van der Waals surface area contributed by atoms with Gasteiger partial charge >= 0.3 is 5.97 Å². The first-order chi connectivity index (χ1) is 8.18. The lowest BCUT2D eigenvalue weighted by Gasteiger charge is -2.06. The number of aliphatic hydroxyl groups is 1. The fourth-order valence-corrected chi connectivity index (χ4v) is 0.907. The minimum Gasteiger partial charge on any atom is -0.478 e. The highest BCUT2D eigenvalue weighted by molar-refractivity contribution is 5.85. The molecule has 0 aliphatic heterocycles. The summed E-state index contributed by atoms with van der Waals surface area (Å²) in [5, 5.41) is 16.9. The van der Waals surface area contributed by atoms with Gasteiger partial charge in [0.15, 0.2) is 0 Å². The third-order valence-corrected chi connectivity index (χ3v) is 1.76. The van der Waals surface area contributed by atoms with Crippen LogP contribution in [0.4, 0.5) is 0 Å². The molecule has 0 radical (unpaired) electrons. The van der Waals surface area contributed by atoms with Gasteiger partial charge in [-0.05, 0) is 6.42 Å². The van der Waals surface area contributed by atoms with Crippen LogP contribution in [0.15, 0.2) is 12.2 Å². The van der Waals surface area contributed by atoms with Crippen molar-refractivity contribution in [3.63, 3.8) is 0 Å². The topological polar surface area (TPSA) is 85.2 Å². The van der Waals surface area contributed by atoms with Gasteiger partial charge < -0.3 is 24.4 Å². The summed E-state index contributed by atoms with van der Waals surface area (Å²) in [7, 11) is 0. The molecule has 0 bridgehead atoms. The number of carbonyl (C=O) groups is 1. The van der Waals surface area contributed by atoms with Crippen molar-refractivity contribution >= 4 is 5.97 Å². The van der Waals surface area contributed by atoms with Crippen molar-refractivity contribution in [1.82, 2.24) is 0 Å². The zero-order valence-electron chi connectivity index (χ0n) is 9.89. The number of rotatable bonds is 12. The van der Waals surface area contributed by atoms with E-state index in [-0.39, 0.29) is 18.8 Å². The van der Waals surface area contributed by atoms with Crippen molar-refractivity contribution in [3.05, 3.63) is 12.2 Å². The number of ether oxygens (including phenoxy) is 3. The molecule has 0 aromatic carbocycles. The zero-order valence-corrected chi connectivity index (χ0v) is 9.89. The van der Waals surface area contributed by atoms with Gasteiger partial charge in [-0.25, -0.2) is 4.79 Å². The molecule has 0 amide bonds. The minimum atomic E-state index is -1.04. The van der Waals surface area contributed by atoms with E-state index in [4.69, 9.17) is 24.4 Å². The Morgan fingerprint density at radius 3 is 2.18 bits per heavy atom. The van der Waals surface area contributed by atoms with Gasteiger partial charge in [-0.3, -0.25) is 0 Å². The maximum Gasteiger partial charge on any atom is 0.333 e. The van der Waals surface area contributed by atoms with Gasteiger partial charge in [0, 0.05) is 13.2 Å². The summed E-state index contributed by atoms with van der Waals surface area (Å²) in [5.74, 6) is -1.04. The Labute approximate surface area is 101 Å². The maximum absolute atomic E-state index is 10.4. The standard InChI is InChI=1S/C11H20O6/c1-10(11(13)14)9-17-5-2-4-15-7-8-16-6-3-12/h12H,1-9H2,(H,13,14). The van der Waals surface area contributed by atoms with Crippen LogP contribution in [0, 0.1) is 0 Å². The van der Waals surface area contributed by atoms with Crippen molar-refractivity contribution in [2.75, 3.05) is 46.2 Å². The van der Waals surface area contributed by atoms with Crippen molar-refractivity contribution in [2.45, 2.75) is 6.42 Å². The molecular formula is C11H20O6. The molecule has 2 N–H and O–H groups in total. The van der Waals surface area contributed by atoms with E-state index < -0.39 is 5.97 Å². The molecule has 6 nitrogen and oxygen atoms in total. The number of aliphatic carboxylic acids is 1. The third kappa shape index (κ3) is 11.3. The Bertz CT molecular complexity index is 216. The second-order valence-electron chi connectivity index (χ2n) is 3.26. The van der Waals surface area contributed by atoms with E-state index in [0.29, 0.717) is 39.5 Å². The fourth-order valence-electron chi connectivity index (χ4n) is 0.907. The summed E-state index contributed by atoms with van der Waals surface area (Å²) in [4.78, 5) is 10.4. The summed E-state index contributed by atoms with van der Waals surface area (Å²) < 4.78 is 15.3. The fraction of sp³-hybridized carbons (Fsp3) is 0.727. The number of carboxylic acids is 1. The Balaban J connectivity index is 3.08. The van der Waals surface area contributed by atoms with Gasteiger partial charge in [-0.2, -0.15) is 0 Å². The highest BCUT2D eigenvalue weighted by atomic mass is 16.5. The van der Waals surface area contributed by atoms with Crippen molar-refractivity contribution in [2.24, 2.45) is 0 Å². The van der Waals surface area contributed by atoms with Gasteiger partial charge in [0.1, 0.15) is 0 Å². The molecule has 0 atom stereocenters. The van der Waals surface area contributed by atoms with Crippen LogP contribution in [0.5, 0.6) is 0 Å². The molecular weight excluding hydrogens is 228 g/mol. The SMILES string of the molecule is C=C(COCCCOCCOCCO)C(=O)O. The van der Waals surface area contributed by atoms with Gasteiger partial charge in [-0.1, -0.05) is 6.58 Å². The van der Waals surface area contributed by atoms with E-state index >= 15 is 0 Å². The maximum atomic E-state index is 10.4. The van der Waals surface area contributed by atoms with Crippen LogP contribution in [0.1, 0.15) is 6.42 Å². The number of aliphatic hydroxyl groups excluding tert-OH is 1. The molecule has 0 aliphatic rings. The van der Waals surface area contributed by atoms with E-state index in [1.807, 2.05) is 0 Å². The number of hydrogen-bond donors (Lipinski definition) is 2. The second-order valence-corrected chi connectivity index (χ2v) is 3.26. The minimum absolute atomic E-state index is 0.0152. The van der Waals surface area contributed by atoms with Crippen molar-refractivity contribution in [1.29, 1.82) is 0 Å². The monoisotopic (exact) mass is 248 g/mol. The molecule has 0 rings (SSSR count). The Kier molecular flexibility index (Phi) is 10.9. The molecule has 0 aromatic rings. The van der Waals surface area contributed by atoms with Crippen LogP contribution in [0.3, 0.4) is 0 Å². The van der Waals surface area contributed by atoms with Crippen LogP contribution < -0.4 is 0 Å². The quantitative estimate of drug-likeness (QED) is 0.375. The normalized spacial score (nSPS) is 10.4. The molecule has 6 heteroatoms. The van der Waals surface area contributed by atoms with Crippen LogP contribution in [0.25, 0.3) is 0 Å². The molecule has 0 spiro atoms. The largest absolute Gasteiger partial charge is 0.478 e. The highest BCUT2D eigenvalue weighted by Crippen LogP contribution is 1.93. The molecule has 0 aromatic heterocycles. The van der Waals surface area contributed by atoms with Gasteiger partial charge in [0.25, 0.3) is 0 Å². The highest BCUT2D eigenvalue weighted by Gasteiger charge is 2.02. The van der Waals surface area contributed by atoms with Crippen LogP contribution >= 0.6 is 0 Å². The first kappa shape index (κ1) is 16.1. The second kappa shape index (κ2) is 11.5. The van der Waals surface area contributed by atoms with Gasteiger partial charge in [-0.15, -0.1) is 0 Å². The lowest BCUT2D eigenvalue weighted by Crippen LogP contribution is -2.10. The molecule has 0 saturated carbocycles. The first-order valence-corrected chi connectivity index (χ1v) is 5.43. The van der Waals surface area contributed by atoms with Gasteiger partial charge in [0.05, 0.1) is 38.6 Å². The van der Waals surface area contributed by atoms with Crippen molar-refractivity contribution in [3.8, 4) is 0 Å². The van der Waals surface area contributed by atoms with Crippen LogP contribution in [-0.4, -0.2) is 62.4 Å². The Morgan fingerprint density at radius 2 is 1.59 bits per heavy atom. The van der Waals surface area contributed by atoms with Crippen molar-refractivity contribution < 1.29 is 29.2 Å². The summed E-state index contributed by atoms with van der Waals surface area (Å²) in [6.45, 7) is 5.61. The average molecular weight is 248 g/mol. The molecule has 0 unspecified atom stereocenters. The number of carboxylic acid groups (broad SMARTS) is 1. The third-order valence-electron chi connectivity index (χ3n) is 1.76. The lowest BCUT2D eigenvalue weighted by molar-refractivity contribution is -0.133. The van der Waals surface area contributed by atoms with E-state index in [1.54, 1.807) is 0 Å². The summed E-state index contributed by atoms with van der Waals surface area (Å²) in [6, 6.07) is 0. The molecule has 0 aliphatic carbocycles. The van der Waals surface area contributed by atoms with Gasteiger partial charge in [0.2, 0.25) is 0 Å². The molecule has 0 heterocycles. The first-order valence-electron chi connectivity index (χ1n) is 5.43. The van der Waals surface area contributed by atoms with E-state index in [0.717, 1.165) is 0 Å². The average Bonchev–Trinajstić information content (AvgIpc) is 2.31.